The van der Waals surface area contributed by atoms with Gasteiger partial charge in [0.05, 0.1) is 17.4 Å². The first-order valence-electron chi connectivity index (χ1n) is 9.73. The van der Waals surface area contributed by atoms with Crippen LogP contribution in [0.1, 0.15) is 36.0 Å². The van der Waals surface area contributed by atoms with Gasteiger partial charge in [-0.25, -0.2) is 0 Å². The van der Waals surface area contributed by atoms with Crippen molar-refractivity contribution >= 4 is 11.6 Å². The summed E-state index contributed by atoms with van der Waals surface area (Å²) in [6.45, 7) is 0. The van der Waals surface area contributed by atoms with Gasteiger partial charge < -0.3 is 20.7 Å². The van der Waals surface area contributed by atoms with Crippen LogP contribution in [0, 0.1) is 0 Å². The van der Waals surface area contributed by atoms with Gasteiger partial charge in [0.1, 0.15) is 0 Å². The van der Waals surface area contributed by atoms with E-state index in [-0.39, 0.29) is 12.1 Å². The molecule has 1 fully saturated rings. The van der Waals surface area contributed by atoms with Crippen LogP contribution in [0.3, 0.4) is 0 Å². The van der Waals surface area contributed by atoms with E-state index in [0.29, 0.717) is 5.56 Å². The summed E-state index contributed by atoms with van der Waals surface area (Å²) in [5.74, 6) is -0.444. The number of nitrogens with zero attached hydrogens (tertiary/aromatic N) is 1. The highest BCUT2D eigenvalue weighted by Gasteiger charge is 2.21. The molecule has 5 heteroatoms. The van der Waals surface area contributed by atoms with Crippen molar-refractivity contribution < 1.29 is 9.90 Å². The van der Waals surface area contributed by atoms with E-state index < -0.39 is 5.91 Å². The van der Waals surface area contributed by atoms with Gasteiger partial charge in [0, 0.05) is 23.6 Å². The number of nitrogens with one attached hydrogen (secondary N) is 1. The fourth-order valence-electron chi connectivity index (χ4n) is 3.91. The molecule has 4 N–H and O–H groups in total. The van der Waals surface area contributed by atoms with E-state index in [9.17, 15) is 9.90 Å². The average Bonchev–Trinajstić information content (AvgIpc) is 3.20. The first-order chi connectivity index (χ1) is 13.6. The Labute approximate surface area is 164 Å². The summed E-state index contributed by atoms with van der Waals surface area (Å²) >= 11 is 0. The topological polar surface area (TPSA) is 80.3 Å². The zero-order valence-corrected chi connectivity index (χ0v) is 15.7. The fraction of sp³-hybridized carbons (Fsp3) is 0.261. The minimum atomic E-state index is -0.444. The standard InChI is InChI=1S/C23H25N3O2/c24-23(28)20-13-10-18(15-21(20)25-17-8-11-19(27)12-9-17)26-14-4-7-22(26)16-5-2-1-3-6-16/h1-7,10,13-15,17,19,25,27H,8-9,11-12H2,(H2,24,28)/t17-,19-. The van der Waals surface area contributed by atoms with Gasteiger partial charge in [-0.05, 0) is 61.6 Å². The molecule has 1 aliphatic carbocycles. The number of aromatic nitrogens is 1. The SMILES string of the molecule is NC(=O)c1ccc(-n2cccc2-c2ccccc2)cc1N[C@H]1CC[C@H](O)CC1. The molecule has 1 aliphatic rings. The number of hydrogen-bond acceptors (Lipinski definition) is 3. The Bertz CT molecular complexity index is 957. The number of carbonyl (C=O) groups excluding carboxylic acids is 1. The van der Waals surface area contributed by atoms with Crippen molar-refractivity contribution in [2.24, 2.45) is 5.73 Å². The van der Waals surface area contributed by atoms with E-state index in [0.717, 1.165) is 48.3 Å². The van der Waals surface area contributed by atoms with Gasteiger partial charge in [0.25, 0.3) is 5.91 Å². The quantitative estimate of drug-likeness (QED) is 0.631. The Morgan fingerprint density at radius 1 is 1.00 bits per heavy atom. The van der Waals surface area contributed by atoms with Gasteiger partial charge in [0.15, 0.2) is 0 Å². The van der Waals surface area contributed by atoms with Crippen molar-refractivity contribution in [2.75, 3.05) is 5.32 Å². The molecular formula is C23H25N3O2. The van der Waals surface area contributed by atoms with Gasteiger partial charge >= 0.3 is 0 Å². The molecule has 0 atom stereocenters. The second-order valence-electron chi connectivity index (χ2n) is 7.37. The Hall–Kier alpha value is -3.05. The minimum absolute atomic E-state index is 0.215. The molecular weight excluding hydrogens is 350 g/mol. The zero-order valence-electron chi connectivity index (χ0n) is 15.7. The van der Waals surface area contributed by atoms with E-state index in [1.54, 1.807) is 6.07 Å². The lowest BCUT2D eigenvalue weighted by atomic mass is 9.92. The normalized spacial score (nSPS) is 19.3. The third-order valence-electron chi connectivity index (χ3n) is 5.42. The molecule has 0 radical (unpaired) electrons. The summed E-state index contributed by atoms with van der Waals surface area (Å²) in [6, 6.07) is 20.2. The molecule has 4 rings (SSSR count). The van der Waals surface area contributed by atoms with Crippen LogP contribution in [0.4, 0.5) is 5.69 Å². The first kappa shape index (κ1) is 18.3. The predicted molar refractivity (Wildman–Crippen MR) is 112 cm³/mol. The summed E-state index contributed by atoms with van der Waals surface area (Å²) in [4.78, 5) is 11.9. The van der Waals surface area contributed by atoms with E-state index in [2.05, 4.69) is 28.1 Å². The van der Waals surface area contributed by atoms with Crippen LogP contribution in [0.5, 0.6) is 0 Å². The first-order valence-corrected chi connectivity index (χ1v) is 9.73. The minimum Gasteiger partial charge on any atom is -0.393 e. The van der Waals surface area contributed by atoms with Gasteiger partial charge in [-0.1, -0.05) is 30.3 Å². The lowest BCUT2D eigenvalue weighted by Gasteiger charge is -2.28. The van der Waals surface area contributed by atoms with E-state index in [1.165, 1.54) is 0 Å². The Balaban J connectivity index is 1.68. The second kappa shape index (κ2) is 7.90. The zero-order chi connectivity index (χ0) is 19.5. The van der Waals surface area contributed by atoms with Gasteiger partial charge in [-0.15, -0.1) is 0 Å². The lowest BCUT2D eigenvalue weighted by Crippen LogP contribution is -2.29. The van der Waals surface area contributed by atoms with E-state index in [1.807, 2.05) is 42.6 Å². The maximum atomic E-state index is 11.9. The Morgan fingerprint density at radius 2 is 1.75 bits per heavy atom. The average molecular weight is 375 g/mol. The van der Waals surface area contributed by atoms with Crippen molar-refractivity contribution in [3.8, 4) is 16.9 Å². The van der Waals surface area contributed by atoms with E-state index in [4.69, 9.17) is 5.73 Å². The number of anilines is 1. The number of primary amides is 1. The molecule has 0 aliphatic heterocycles. The van der Waals surface area contributed by atoms with E-state index >= 15 is 0 Å². The third-order valence-corrected chi connectivity index (χ3v) is 5.42. The van der Waals surface area contributed by atoms with Crippen LogP contribution in [0.15, 0.2) is 66.9 Å². The van der Waals surface area contributed by atoms with Crippen LogP contribution in [0.2, 0.25) is 0 Å². The summed E-state index contributed by atoms with van der Waals surface area (Å²) in [5.41, 5.74) is 10.0. The number of hydrogen-bond donors (Lipinski definition) is 3. The predicted octanol–water partition coefficient (Wildman–Crippen LogP) is 3.96. The van der Waals surface area contributed by atoms with Gasteiger partial charge in [-0.2, -0.15) is 0 Å². The van der Waals surface area contributed by atoms with Crippen molar-refractivity contribution in [1.82, 2.24) is 4.57 Å². The molecule has 0 saturated heterocycles. The summed E-state index contributed by atoms with van der Waals surface area (Å²) in [6.07, 6.45) is 5.11. The van der Waals surface area contributed by atoms with Gasteiger partial charge in [0.2, 0.25) is 0 Å². The highest BCUT2D eigenvalue weighted by atomic mass is 16.3. The van der Waals surface area contributed by atoms with Crippen LogP contribution in [-0.4, -0.2) is 27.7 Å². The smallest absolute Gasteiger partial charge is 0.250 e. The molecule has 0 unspecified atom stereocenters. The van der Waals surface area contributed by atoms with Crippen molar-refractivity contribution in [3.05, 3.63) is 72.4 Å². The van der Waals surface area contributed by atoms with Crippen LogP contribution < -0.4 is 11.1 Å². The fourth-order valence-corrected chi connectivity index (χ4v) is 3.91. The number of aliphatic hydroxyl groups excluding tert-OH is 1. The van der Waals surface area contributed by atoms with Crippen molar-refractivity contribution in [2.45, 2.75) is 37.8 Å². The number of amides is 1. The number of carbonyl (C=O) groups is 1. The highest BCUT2D eigenvalue weighted by Crippen LogP contribution is 2.29. The lowest BCUT2D eigenvalue weighted by molar-refractivity contribution is 0.100. The summed E-state index contributed by atoms with van der Waals surface area (Å²) in [5, 5.41) is 13.2. The monoisotopic (exact) mass is 375 g/mol. The Kier molecular flexibility index (Phi) is 5.17. The number of nitrogens with two attached hydrogens (primary N) is 1. The molecule has 0 spiro atoms. The second-order valence-corrected chi connectivity index (χ2v) is 7.37. The third kappa shape index (κ3) is 3.80. The van der Waals surface area contributed by atoms with Gasteiger partial charge in [-0.3, -0.25) is 4.79 Å². The summed E-state index contributed by atoms with van der Waals surface area (Å²) in [7, 11) is 0. The van der Waals surface area contributed by atoms with Crippen LogP contribution in [-0.2, 0) is 0 Å². The number of aliphatic hydroxyl groups is 1. The molecule has 1 saturated carbocycles. The molecule has 144 valence electrons. The highest BCUT2D eigenvalue weighted by molar-refractivity contribution is 5.99. The maximum Gasteiger partial charge on any atom is 0.250 e. The molecule has 1 amide bonds. The number of rotatable bonds is 5. The molecule has 3 aromatic rings. The number of benzene rings is 2. The van der Waals surface area contributed by atoms with Crippen LogP contribution >= 0.6 is 0 Å². The van der Waals surface area contributed by atoms with Crippen LogP contribution in [0.25, 0.3) is 16.9 Å². The molecule has 5 nitrogen and oxygen atoms in total. The van der Waals surface area contributed by atoms with Crippen molar-refractivity contribution in [1.29, 1.82) is 0 Å². The molecule has 1 heterocycles. The summed E-state index contributed by atoms with van der Waals surface area (Å²) < 4.78 is 2.11. The molecule has 2 aromatic carbocycles. The largest absolute Gasteiger partial charge is 0.393 e. The maximum absolute atomic E-state index is 11.9. The Morgan fingerprint density at radius 3 is 2.46 bits per heavy atom. The van der Waals surface area contributed by atoms with Crippen molar-refractivity contribution in [3.63, 3.8) is 0 Å². The molecule has 28 heavy (non-hydrogen) atoms. The molecule has 0 bridgehead atoms. The molecule has 1 aromatic heterocycles.